The van der Waals surface area contributed by atoms with Crippen LogP contribution in [0.4, 0.5) is 5.69 Å². The van der Waals surface area contributed by atoms with Gasteiger partial charge in [-0.05, 0) is 42.0 Å². The van der Waals surface area contributed by atoms with E-state index in [-0.39, 0.29) is 11.1 Å². The number of carbonyl (C=O) groups excluding carboxylic acids is 2. The van der Waals surface area contributed by atoms with Gasteiger partial charge in [0.1, 0.15) is 0 Å². The van der Waals surface area contributed by atoms with E-state index in [1.807, 2.05) is 0 Å². The number of methoxy groups -OCH3 is 3. The molecule has 2 N–H and O–H groups in total. The molecule has 0 saturated heterocycles. The second-order valence-electron chi connectivity index (χ2n) is 6.66. The number of hydrogen-bond donors (Lipinski definition) is 2. The largest absolute Gasteiger partial charge is 0.493 e. The number of nitrogens with one attached hydrogen (secondary N) is 2. The van der Waals surface area contributed by atoms with E-state index < -0.39 is 11.8 Å². The highest BCUT2D eigenvalue weighted by atomic mass is 35.5. The number of nitrogens with zero attached hydrogens (tertiary/aromatic N) is 1. The molecule has 33 heavy (non-hydrogen) atoms. The molecular weight excluding hydrogens is 446 g/mol. The SMILES string of the molecule is COc1cc(C(=O)Nc2ccccc2C(=O)N/N=C\c2ccc(Cl)cc2)cc(OC)c1OC. The highest BCUT2D eigenvalue weighted by Gasteiger charge is 2.19. The summed E-state index contributed by atoms with van der Waals surface area (Å²) in [4.78, 5) is 25.6. The zero-order chi connectivity index (χ0) is 23.8. The monoisotopic (exact) mass is 467 g/mol. The Labute approximate surface area is 196 Å². The minimum Gasteiger partial charge on any atom is -0.493 e. The van der Waals surface area contributed by atoms with Gasteiger partial charge in [0, 0.05) is 10.6 Å². The van der Waals surface area contributed by atoms with Crippen LogP contribution in [0.5, 0.6) is 17.2 Å². The first-order chi connectivity index (χ1) is 16.0. The van der Waals surface area contributed by atoms with E-state index in [0.29, 0.717) is 28.0 Å². The maximum absolute atomic E-state index is 12.9. The highest BCUT2D eigenvalue weighted by molar-refractivity contribution is 6.30. The molecule has 170 valence electrons. The molecule has 2 amide bonds. The van der Waals surface area contributed by atoms with Gasteiger partial charge in [0.05, 0.1) is 38.8 Å². The first-order valence-electron chi connectivity index (χ1n) is 9.76. The van der Waals surface area contributed by atoms with Gasteiger partial charge in [-0.3, -0.25) is 9.59 Å². The van der Waals surface area contributed by atoms with Crippen molar-refractivity contribution in [2.24, 2.45) is 5.10 Å². The Balaban J connectivity index is 1.78. The molecule has 3 rings (SSSR count). The molecule has 0 aliphatic carbocycles. The molecule has 0 radical (unpaired) electrons. The molecule has 0 atom stereocenters. The normalized spacial score (nSPS) is 10.5. The van der Waals surface area contributed by atoms with Crippen molar-refractivity contribution in [1.29, 1.82) is 0 Å². The van der Waals surface area contributed by atoms with Crippen LogP contribution in [-0.2, 0) is 0 Å². The van der Waals surface area contributed by atoms with Gasteiger partial charge in [-0.2, -0.15) is 5.10 Å². The predicted molar refractivity (Wildman–Crippen MR) is 127 cm³/mol. The first kappa shape index (κ1) is 23.6. The molecular formula is C24H22ClN3O5. The van der Waals surface area contributed by atoms with Crippen molar-refractivity contribution < 1.29 is 23.8 Å². The van der Waals surface area contributed by atoms with Crippen LogP contribution in [0.2, 0.25) is 5.02 Å². The Bertz CT molecular complexity index is 1150. The average molecular weight is 468 g/mol. The summed E-state index contributed by atoms with van der Waals surface area (Å²) in [7, 11) is 4.40. The van der Waals surface area contributed by atoms with Gasteiger partial charge in [-0.25, -0.2) is 5.43 Å². The molecule has 0 aliphatic rings. The summed E-state index contributed by atoms with van der Waals surface area (Å²) in [6.45, 7) is 0. The van der Waals surface area contributed by atoms with Gasteiger partial charge in [-0.15, -0.1) is 0 Å². The lowest BCUT2D eigenvalue weighted by molar-refractivity contribution is 0.0956. The van der Waals surface area contributed by atoms with E-state index in [2.05, 4.69) is 15.8 Å². The topological polar surface area (TPSA) is 98.2 Å². The lowest BCUT2D eigenvalue weighted by Gasteiger charge is -2.15. The summed E-state index contributed by atoms with van der Waals surface area (Å²) in [6.07, 6.45) is 1.49. The van der Waals surface area contributed by atoms with Crippen LogP contribution in [0.25, 0.3) is 0 Å². The fourth-order valence-corrected chi connectivity index (χ4v) is 3.10. The molecule has 0 unspecified atom stereocenters. The standard InChI is InChI=1S/C24H22ClN3O5/c1-31-20-12-16(13-21(32-2)22(20)33-3)23(29)27-19-7-5-4-6-18(19)24(30)28-26-14-15-8-10-17(25)11-9-15/h4-14H,1-3H3,(H,27,29)(H,28,30)/b26-14-. The summed E-state index contributed by atoms with van der Waals surface area (Å²) >= 11 is 5.86. The van der Waals surface area contributed by atoms with E-state index in [1.54, 1.807) is 48.5 Å². The second-order valence-corrected chi connectivity index (χ2v) is 7.10. The van der Waals surface area contributed by atoms with Gasteiger partial charge < -0.3 is 19.5 Å². The van der Waals surface area contributed by atoms with Crippen LogP contribution >= 0.6 is 11.6 Å². The number of hydrazone groups is 1. The molecule has 8 nitrogen and oxygen atoms in total. The van der Waals surface area contributed by atoms with Crippen molar-refractivity contribution in [3.05, 3.63) is 82.4 Å². The van der Waals surface area contributed by atoms with Crippen molar-refractivity contribution in [3.63, 3.8) is 0 Å². The molecule has 0 aliphatic heterocycles. The summed E-state index contributed by atoms with van der Waals surface area (Å²) in [5, 5.41) is 7.31. The highest BCUT2D eigenvalue weighted by Crippen LogP contribution is 2.38. The number of anilines is 1. The number of rotatable bonds is 8. The second kappa shape index (κ2) is 11.0. The summed E-state index contributed by atoms with van der Waals surface area (Å²) < 4.78 is 15.9. The van der Waals surface area contributed by atoms with Crippen LogP contribution in [0.15, 0.2) is 65.8 Å². The number of halogens is 1. The van der Waals surface area contributed by atoms with Crippen LogP contribution in [-0.4, -0.2) is 39.4 Å². The van der Waals surface area contributed by atoms with Gasteiger partial charge >= 0.3 is 0 Å². The molecule has 0 spiro atoms. The molecule has 0 fully saturated rings. The third-order valence-electron chi connectivity index (χ3n) is 4.60. The van der Waals surface area contributed by atoms with E-state index >= 15 is 0 Å². The van der Waals surface area contributed by atoms with Crippen molar-refractivity contribution >= 4 is 35.3 Å². The van der Waals surface area contributed by atoms with Crippen molar-refractivity contribution in [3.8, 4) is 17.2 Å². The Morgan fingerprint density at radius 3 is 2.12 bits per heavy atom. The molecule has 9 heteroatoms. The van der Waals surface area contributed by atoms with Crippen LogP contribution in [0.1, 0.15) is 26.3 Å². The quantitative estimate of drug-likeness (QED) is 0.378. The van der Waals surface area contributed by atoms with Crippen LogP contribution < -0.4 is 25.0 Å². The zero-order valence-corrected chi connectivity index (χ0v) is 19.0. The molecule has 0 heterocycles. The van der Waals surface area contributed by atoms with E-state index in [1.165, 1.54) is 39.7 Å². The number of hydrogen-bond acceptors (Lipinski definition) is 6. The smallest absolute Gasteiger partial charge is 0.273 e. The molecule has 3 aromatic rings. The molecule has 0 bridgehead atoms. The number of para-hydroxylation sites is 1. The number of ether oxygens (including phenoxy) is 3. The van der Waals surface area contributed by atoms with Gasteiger partial charge in [-0.1, -0.05) is 35.9 Å². The Kier molecular flexibility index (Phi) is 7.88. The Morgan fingerprint density at radius 2 is 1.52 bits per heavy atom. The van der Waals surface area contributed by atoms with E-state index in [4.69, 9.17) is 25.8 Å². The van der Waals surface area contributed by atoms with Crippen LogP contribution in [0.3, 0.4) is 0 Å². The lowest BCUT2D eigenvalue weighted by Crippen LogP contribution is -2.21. The number of benzene rings is 3. The fourth-order valence-electron chi connectivity index (χ4n) is 2.97. The van der Waals surface area contributed by atoms with Gasteiger partial charge in [0.15, 0.2) is 11.5 Å². The third kappa shape index (κ3) is 5.81. The Morgan fingerprint density at radius 1 is 0.879 bits per heavy atom. The molecule has 0 aromatic heterocycles. The predicted octanol–water partition coefficient (Wildman–Crippen LogP) is 4.38. The lowest BCUT2D eigenvalue weighted by atomic mass is 10.1. The Hall–Kier alpha value is -4.04. The fraction of sp³-hybridized carbons (Fsp3) is 0.125. The van der Waals surface area contributed by atoms with E-state index in [0.717, 1.165) is 5.56 Å². The average Bonchev–Trinajstić information content (AvgIpc) is 2.84. The molecule has 0 saturated carbocycles. The molecule has 3 aromatic carbocycles. The summed E-state index contributed by atoms with van der Waals surface area (Å²) in [6, 6.07) is 16.6. The maximum atomic E-state index is 12.9. The van der Waals surface area contributed by atoms with E-state index in [9.17, 15) is 9.59 Å². The van der Waals surface area contributed by atoms with Gasteiger partial charge in [0.2, 0.25) is 5.75 Å². The third-order valence-corrected chi connectivity index (χ3v) is 4.85. The number of amides is 2. The van der Waals surface area contributed by atoms with Crippen LogP contribution in [0, 0.1) is 0 Å². The zero-order valence-electron chi connectivity index (χ0n) is 18.2. The van der Waals surface area contributed by atoms with Crippen molar-refractivity contribution in [1.82, 2.24) is 5.43 Å². The summed E-state index contributed by atoms with van der Waals surface area (Å²) in [5.74, 6) is 0.101. The first-order valence-corrected chi connectivity index (χ1v) is 10.1. The van der Waals surface area contributed by atoms with Crippen molar-refractivity contribution in [2.75, 3.05) is 26.6 Å². The minimum atomic E-state index is -0.485. The minimum absolute atomic E-state index is 0.242. The maximum Gasteiger partial charge on any atom is 0.273 e. The summed E-state index contributed by atoms with van der Waals surface area (Å²) in [5.41, 5.74) is 4.05. The van der Waals surface area contributed by atoms with Gasteiger partial charge in [0.25, 0.3) is 11.8 Å². The number of carbonyl (C=O) groups is 2. The van der Waals surface area contributed by atoms with Crippen molar-refractivity contribution in [2.45, 2.75) is 0 Å².